The summed E-state index contributed by atoms with van der Waals surface area (Å²) in [6.07, 6.45) is 0.181. The molecule has 32 heavy (non-hydrogen) atoms. The topological polar surface area (TPSA) is 65.4 Å². The molecule has 0 aliphatic rings. The zero-order chi connectivity index (χ0) is 23.3. The van der Waals surface area contributed by atoms with Crippen LogP contribution in [0, 0.1) is 19.7 Å². The van der Waals surface area contributed by atoms with E-state index in [9.17, 15) is 9.18 Å². The van der Waals surface area contributed by atoms with Crippen molar-refractivity contribution >= 4 is 23.2 Å². The molecule has 8 heteroatoms. The van der Waals surface area contributed by atoms with Crippen molar-refractivity contribution in [2.45, 2.75) is 40.7 Å². The zero-order valence-corrected chi connectivity index (χ0v) is 19.4. The van der Waals surface area contributed by atoms with Crippen LogP contribution < -0.4 is 14.8 Å². The smallest absolute Gasteiger partial charge is 0.228 e. The monoisotopic (exact) mass is 459 g/mol. The molecule has 3 aromatic rings. The largest absolute Gasteiger partial charge is 0.490 e. The van der Waals surface area contributed by atoms with Crippen molar-refractivity contribution in [2.75, 3.05) is 18.5 Å². The van der Waals surface area contributed by atoms with E-state index >= 15 is 0 Å². The van der Waals surface area contributed by atoms with Crippen LogP contribution in [0.4, 0.5) is 10.1 Å². The number of carbonyl (C=O) groups excluding carboxylic acids is 1. The van der Waals surface area contributed by atoms with Crippen LogP contribution in [0.25, 0.3) is 0 Å². The molecule has 2 aromatic carbocycles. The van der Waals surface area contributed by atoms with Crippen molar-refractivity contribution in [1.82, 2.24) is 9.78 Å². The summed E-state index contributed by atoms with van der Waals surface area (Å²) in [5.74, 6) is 0.728. The van der Waals surface area contributed by atoms with Gasteiger partial charge in [-0.15, -0.1) is 0 Å². The molecular weight excluding hydrogens is 433 g/mol. The first-order chi connectivity index (χ1) is 15.3. The average Bonchev–Trinajstić information content (AvgIpc) is 2.99. The van der Waals surface area contributed by atoms with Gasteiger partial charge in [-0.3, -0.25) is 9.48 Å². The number of hydrogen-bond donors (Lipinski definition) is 1. The molecular formula is C24H27ClFN3O3. The van der Waals surface area contributed by atoms with Gasteiger partial charge in [0.25, 0.3) is 0 Å². The van der Waals surface area contributed by atoms with Gasteiger partial charge in [0.05, 0.1) is 43.3 Å². The van der Waals surface area contributed by atoms with E-state index in [1.807, 2.05) is 45.9 Å². The summed E-state index contributed by atoms with van der Waals surface area (Å²) >= 11 is 6.15. The molecule has 1 aromatic heterocycles. The quantitative estimate of drug-likeness (QED) is 0.470. The highest BCUT2D eigenvalue weighted by Crippen LogP contribution is 2.29. The van der Waals surface area contributed by atoms with E-state index in [2.05, 4.69) is 10.4 Å². The van der Waals surface area contributed by atoms with Crippen LogP contribution in [0.2, 0.25) is 5.02 Å². The van der Waals surface area contributed by atoms with Gasteiger partial charge in [-0.05, 0) is 63.1 Å². The SMILES string of the molecule is CCOc1ccc(CC(=O)Nc2c(C)nn(Cc3ccc(F)cc3Cl)c2C)cc1OCC. The first-order valence-corrected chi connectivity index (χ1v) is 10.9. The molecule has 170 valence electrons. The Hall–Kier alpha value is -3.06. The number of aryl methyl sites for hydroxylation is 1. The number of benzene rings is 2. The van der Waals surface area contributed by atoms with Gasteiger partial charge in [0, 0.05) is 5.02 Å². The molecule has 0 aliphatic carbocycles. The van der Waals surface area contributed by atoms with Gasteiger partial charge in [-0.25, -0.2) is 4.39 Å². The molecule has 1 heterocycles. The lowest BCUT2D eigenvalue weighted by Crippen LogP contribution is -2.16. The van der Waals surface area contributed by atoms with E-state index in [4.69, 9.17) is 21.1 Å². The third kappa shape index (κ3) is 5.59. The minimum Gasteiger partial charge on any atom is -0.490 e. The third-order valence-corrected chi connectivity index (χ3v) is 5.31. The van der Waals surface area contributed by atoms with Gasteiger partial charge < -0.3 is 14.8 Å². The van der Waals surface area contributed by atoms with Crippen LogP contribution in [0.1, 0.15) is 36.4 Å². The van der Waals surface area contributed by atoms with Crippen molar-refractivity contribution in [2.24, 2.45) is 0 Å². The summed E-state index contributed by atoms with van der Waals surface area (Å²) in [5, 5.41) is 7.81. The number of nitrogens with one attached hydrogen (secondary N) is 1. The van der Waals surface area contributed by atoms with Gasteiger partial charge in [-0.1, -0.05) is 23.7 Å². The minimum absolute atomic E-state index is 0.165. The van der Waals surface area contributed by atoms with Gasteiger partial charge in [0.15, 0.2) is 11.5 Å². The number of aromatic nitrogens is 2. The molecule has 0 bridgehead atoms. The van der Waals surface area contributed by atoms with Crippen molar-refractivity contribution in [1.29, 1.82) is 0 Å². The van der Waals surface area contributed by atoms with Crippen molar-refractivity contribution in [3.05, 3.63) is 69.8 Å². The number of anilines is 1. The average molecular weight is 460 g/mol. The summed E-state index contributed by atoms with van der Waals surface area (Å²) < 4.78 is 26.3. The first kappa shape index (κ1) is 23.6. The molecule has 0 saturated carbocycles. The maximum absolute atomic E-state index is 13.3. The Morgan fingerprint density at radius 1 is 1.09 bits per heavy atom. The molecule has 0 saturated heterocycles. The molecule has 0 fully saturated rings. The highest BCUT2D eigenvalue weighted by atomic mass is 35.5. The lowest BCUT2D eigenvalue weighted by molar-refractivity contribution is -0.115. The predicted octanol–water partition coefficient (Wildman–Crippen LogP) is 5.32. The number of halogens is 2. The molecule has 3 rings (SSSR count). The van der Waals surface area contributed by atoms with E-state index in [0.29, 0.717) is 47.7 Å². The molecule has 0 radical (unpaired) electrons. The molecule has 0 atom stereocenters. The van der Waals surface area contributed by atoms with Crippen LogP contribution in [-0.4, -0.2) is 28.9 Å². The summed E-state index contributed by atoms with van der Waals surface area (Å²) in [5.41, 5.74) is 3.70. The van der Waals surface area contributed by atoms with E-state index in [1.165, 1.54) is 12.1 Å². The predicted molar refractivity (Wildman–Crippen MR) is 123 cm³/mol. The van der Waals surface area contributed by atoms with Crippen LogP contribution >= 0.6 is 11.6 Å². The Balaban J connectivity index is 1.73. The molecule has 6 nitrogen and oxygen atoms in total. The summed E-state index contributed by atoms with van der Waals surface area (Å²) in [6, 6.07) is 9.77. The molecule has 0 aliphatic heterocycles. The Morgan fingerprint density at radius 3 is 2.50 bits per heavy atom. The molecule has 0 spiro atoms. The second-order valence-electron chi connectivity index (χ2n) is 7.31. The fraction of sp³-hybridized carbons (Fsp3) is 0.333. The van der Waals surface area contributed by atoms with Gasteiger partial charge in [-0.2, -0.15) is 5.10 Å². The van der Waals surface area contributed by atoms with E-state index in [1.54, 1.807) is 10.7 Å². The second-order valence-corrected chi connectivity index (χ2v) is 7.72. The number of rotatable bonds is 9. The number of amides is 1. The molecule has 1 N–H and O–H groups in total. The van der Waals surface area contributed by atoms with Gasteiger partial charge >= 0.3 is 0 Å². The normalized spacial score (nSPS) is 10.8. The van der Waals surface area contributed by atoms with Crippen molar-refractivity contribution < 1.29 is 18.7 Å². The van der Waals surface area contributed by atoms with Crippen LogP contribution in [-0.2, 0) is 17.8 Å². The van der Waals surface area contributed by atoms with Gasteiger partial charge in [0.2, 0.25) is 5.91 Å². The number of nitrogens with zero attached hydrogens (tertiary/aromatic N) is 2. The Kier molecular flexibility index (Phi) is 7.75. The van der Waals surface area contributed by atoms with Crippen LogP contribution in [0.5, 0.6) is 11.5 Å². The fourth-order valence-electron chi connectivity index (χ4n) is 3.42. The van der Waals surface area contributed by atoms with Crippen LogP contribution in [0.3, 0.4) is 0 Å². The highest BCUT2D eigenvalue weighted by molar-refractivity contribution is 6.31. The Morgan fingerprint density at radius 2 is 1.81 bits per heavy atom. The number of hydrogen-bond acceptors (Lipinski definition) is 4. The Labute approximate surface area is 192 Å². The summed E-state index contributed by atoms with van der Waals surface area (Å²) in [7, 11) is 0. The number of ether oxygens (including phenoxy) is 2. The van der Waals surface area contributed by atoms with E-state index < -0.39 is 0 Å². The lowest BCUT2D eigenvalue weighted by Gasteiger charge is -2.12. The fourth-order valence-corrected chi connectivity index (χ4v) is 3.64. The highest BCUT2D eigenvalue weighted by Gasteiger charge is 2.16. The lowest BCUT2D eigenvalue weighted by atomic mass is 10.1. The number of carbonyl (C=O) groups is 1. The summed E-state index contributed by atoms with van der Waals surface area (Å²) in [4.78, 5) is 12.7. The van der Waals surface area contributed by atoms with Crippen molar-refractivity contribution in [3.63, 3.8) is 0 Å². The van der Waals surface area contributed by atoms with E-state index in [-0.39, 0.29) is 18.1 Å². The minimum atomic E-state index is -0.387. The maximum Gasteiger partial charge on any atom is 0.228 e. The van der Waals surface area contributed by atoms with E-state index in [0.717, 1.165) is 16.8 Å². The maximum atomic E-state index is 13.3. The van der Waals surface area contributed by atoms with Crippen molar-refractivity contribution in [3.8, 4) is 11.5 Å². The standard InChI is InChI=1S/C24H27ClFN3O3/c1-5-31-21-10-7-17(11-22(21)32-6-2)12-23(30)27-24-15(3)28-29(16(24)4)14-18-8-9-19(26)13-20(18)25/h7-11,13H,5-6,12,14H2,1-4H3,(H,27,30). The zero-order valence-electron chi connectivity index (χ0n) is 18.7. The first-order valence-electron chi connectivity index (χ1n) is 10.5. The van der Waals surface area contributed by atoms with Crippen LogP contribution in [0.15, 0.2) is 36.4 Å². The van der Waals surface area contributed by atoms with Gasteiger partial charge in [0.1, 0.15) is 5.82 Å². The summed E-state index contributed by atoms with van der Waals surface area (Å²) in [6.45, 7) is 8.92. The third-order valence-electron chi connectivity index (χ3n) is 4.95. The molecule has 0 unspecified atom stereocenters. The second kappa shape index (κ2) is 10.5. The Bertz CT molecular complexity index is 1110. The molecule has 1 amide bonds.